The molecule has 0 amide bonds. The van der Waals surface area contributed by atoms with Crippen LogP contribution in [0.3, 0.4) is 0 Å². The number of aliphatic hydroxyl groups is 1. The molecular weight excluding hydrogens is 509 g/mol. The molecule has 1 aromatic carbocycles. The molecule has 1 saturated heterocycles. The van der Waals surface area contributed by atoms with Crippen molar-refractivity contribution in [3.63, 3.8) is 0 Å². The van der Waals surface area contributed by atoms with Crippen LogP contribution in [-0.4, -0.2) is 63.7 Å². The molecule has 4 rings (SSSR count). The average molecular weight is 537 g/mol. The Bertz CT molecular complexity index is 1410. The first-order valence-corrected chi connectivity index (χ1v) is 13.2. The van der Waals surface area contributed by atoms with Crippen molar-refractivity contribution in [2.24, 2.45) is 0 Å². The quantitative estimate of drug-likeness (QED) is 0.197. The molecule has 4 N–H and O–H groups in total. The van der Waals surface area contributed by atoms with E-state index in [1.165, 1.54) is 13.2 Å². The highest BCUT2D eigenvalue weighted by Gasteiger charge is 2.48. The fraction of sp³-hybridized carbons (Fsp3) is 0.417. The van der Waals surface area contributed by atoms with Crippen LogP contribution in [-0.2, 0) is 24.9 Å². The third-order valence-electron chi connectivity index (χ3n) is 6.11. The maximum atomic E-state index is 12.7. The van der Waals surface area contributed by atoms with Crippen LogP contribution < -0.4 is 10.4 Å². The Morgan fingerprint density at radius 2 is 1.89 bits per heavy atom. The van der Waals surface area contributed by atoms with E-state index in [2.05, 4.69) is 4.98 Å². The molecule has 5 atom stereocenters. The summed E-state index contributed by atoms with van der Waals surface area (Å²) in [4.78, 5) is 46.3. The average Bonchev–Trinajstić information content (AvgIpc) is 3.25. The van der Waals surface area contributed by atoms with Gasteiger partial charge in [-0.2, -0.15) is 0 Å². The molecule has 12 nitrogen and oxygen atoms in total. The fourth-order valence-electron chi connectivity index (χ4n) is 4.29. The lowest BCUT2D eigenvalue weighted by Crippen LogP contribution is -2.60. The van der Waals surface area contributed by atoms with Crippen LogP contribution in [0, 0.1) is 13.8 Å². The Hall–Kier alpha value is -2.99. The molecule has 3 heterocycles. The lowest BCUT2D eigenvalue weighted by Gasteiger charge is -2.42. The number of aryl methyl sites for hydroxylation is 2. The lowest BCUT2D eigenvalue weighted by molar-refractivity contribution is -0.272. The molecule has 0 bridgehead atoms. The second kappa shape index (κ2) is 10.4. The van der Waals surface area contributed by atoms with Crippen molar-refractivity contribution >= 4 is 24.5 Å². The standard InChI is InChI=1S/C24H28NO11P/c1-11-5-7-16(25-11)23(28)36-21-18(26)24(33-13(3)20(21)32-4)34-17-8-6-14-9-15(10-37(29,30)31)22(27)35-19(14)12(17)2/h5-9,13,18,20-21,24-26H,10H2,1-4H3,(H2,29,30,31)/t13-,18+,20-,21-,24-/m0/s1. The smallest absolute Gasteiger partial charge is 0.355 e. The summed E-state index contributed by atoms with van der Waals surface area (Å²) in [5.74, 6) is -0.461. The fourth-order valence-corrected chi connectivity index (χ4v) is 4.95. The van der Waals surface area contributed by atoms with Gasteiger partial charge >= 0.3 is 19.2 Å². The van der Waals surface area contributed by atoms with Crippen molar-refractivity contribution in [3.8, 4) is 5.75 Å². The number of aliphatic hydroxyl groups excluding tert-OH is 1. The number of aromatic nitrogens is 1. The summed E-state index contributed by atoms with van der Waals surface area (Å²) in [6, 6.07) is 7.73. The van der Waals surface area contributed by atoms with Crippen LogP contribution in [0.15, 0.2) is 39.5 Å². The van der Waals surface area contributed by atoms with Gasteiger partial charge in [0, 0.05) is 23.8 Å². The minimum absolute atomic E-state index is 0.148. The summed E-state index contributed by atoms with van der Waals surface area (Å²) in [5.41, 5.74) is 0.494. The van der Waals surface area contributed by atoms with Gasteiger partial charge in [0.1, 0.15) is 23.1 Å². The number of carbonyl (C=O) groups is 1. The Morgan fingerprint density at radius 1 is 1.16 bits per heavy atom. The minimum atomic E-state index is -4.47. The number of ether oxygens (including phenoxy) is 4. The molecule has 1 aliphatic rings. The predicted molar refractivity (Wildman–Crippen MR) is 129 cm³/mol. The molecule has 13 heteroatoms. The number of fused-ring (bicyclic) bond motifs is 1. The highest BCUT2D eigenvalue weighted by Crippen LogP contribution is 2.39. The van der Waals surface area contributed by atoms with Crippen molar-refractivity contribution in [2.75, 3.05) is 7.11 Å². The van der Waals surface area contributed by atoms with E-state index in [0.717, 1.165) is 5.69 Å². The van der Waals surface area contributed by atoms with Crippen LogP contribution in [0.4, 0.5) is 0 Å². The number of carbonyl (C=O) groups excluding carboxylic acids is 1. The van der Waals surface area contributed by atoms with E-state index in [9.17, 15) is 29.0 Å². The number of aromatic amines is 1. The molecule has 0 radical (unpaired) electrons. The second-order valence-corrected chi connectivity index (χ2v) is 10.6. The Labute approximate surface area is 211 Å². The van der Waals surface area contributed by atoms with Gasteiger partial charge in [-0.25, -0.2) is 9.59 Å². The van der Waals surface area contributed by atoms with Crippen molar-refractivity contribution in [3.05, 3.63) is 63.3 Å². The molecule has 1 fully saturated rings. The van der Waals surface area contributed by atoms with Crippen LogP contribution in [0.5, 0.6) is 5.75 Å². The van der Waals surface area contributed by atoms with Gasteiger partial charge in [-0.15, -0.1) is 0 Å². The van der Waals surface area contributed by atoms with Gasteiger partial charge in [0.25, 0.3) is 0 Å². The first-order valence-electron chi connectivity index (χ1n) is 11.4. The Morgan fingerprint density at radius 3 is 2.51 bits per heavy atom. The molecule has 0 aliphatic carbocycles. The van der Waals surface area contributed by atoms with Gasteiger partial charge < -0.3 is 43.2 Å². The van der Waals surface area contributed by atoms with E-state index in [-0.39, 0.29) is 22.6 Å². The molecule has 0 unspecified atom stereocenters. The van der Waals surface area contributed by atoms with Gasteiger partial charge in [-0.3, -0.25) is 4.57 Å². The summed E-state index contributed by atoms with van der Waals surface area (Å²) < 4.78 is 39.4. The molecule has 200 valence electrons. The lowest BCUT2D eigenvalue weighted by atomic mass is 9.99. The zero-order valence-electron chi connectivity index (χ0n) is 20.5. The van der Waals surface area contributed by atoms with Crippen molar-refractivity contribution in [1.82, 2.24) is 4.98 Å². The summed E-state index contributed by atoms with van der Waals surface area (Å²) in [5, 5.41) is 11.5. The summed E-state index contributed by atoms with van der Waals surface area (Å²) in [6.07, 6.45) is -5.97. The third-order valence-corrected chi connectivity index (χ3v) is 6.86. The van der Waals surface area contributed by atoms with Gasteiger partial charge in [0.15, 0.2) is 12.2 Å². The monoisotopic (exact) mass is 537 g/mol. The van der Waals surface area contributed by atoms with E-state index < -0.39 is 56.1 Å². The number of methoxy groups -OCH3 is 1. The number of benzene rings is 1. The number of rotatable bonds is 7. The highest BCUT2D eigenvalue weighted by atomic mass is 31.2. The summed E-state index contributed by atoms with van der Waals surface area (Å²) in [7, 11) is -3.06. The normalized spacial score (nSPS) is 24.2. The van der Waals surface area contributed by atoms with E-state index >= 15 is 0 Å². The minimum Gasteiger partial charge on any atom is -0.462 e. The highest BCUT2D eigenvalue weighted by molar-refractivity contribution is 7.50. The van der Waals surface area contributed by atoms with Crippen molar-refractivity contribution < 1.29 is 47.6 Å². The van der Waals surface area contributed by atoms with Gasteiger partial charge in [0.2, 0.25) is 6.29 Å². The van der Waals surface area contributed by atoms with Crippen LogP contribution in [0.1, 0.15) is 34.2 Å². The number of H-pyrrole nitrogens is 1. The predicted octanol–water partition coefficient (Wildman–Crippen LogP) is 2.14. The molecule has 0 saturated carbocycles. The first-order chi connectivity index (χ1) is 17.4. The van der Waals surface area contributed by atoms with Gasteiger partial charge in [-0.1, -0.05) is 0 Å². The maximum absolute atomic E-state index is 12.7. The molecular formula is C24H28NO11P. The third kappa shape index (κ3) is 5.80. The van der Waals surface area contributed by atoms with Crippen molar-refractivity contribution in [1.29, 1.82) is 0 Å². The maximum Gasteiger partial charge on any atom is 0.355 e. The number of hydrogen-bond donors (Lipinski definition) is 4. The van der Waals surface area contributed by atoms with Crippen molar-refractivity contribution in [2.45, 2.75) is 57.6 Å². The first kappa shape index (κ1) is 27.1. The zero-order chi connectivity index (χ0) is 27.1. The number of hydrogen-bond acceptors (Lipinski definition) is 9. The largest absolute Gasteiger partial charge is 0.462 e. The number of esters is 1. The summed E-state index contributed by atoms with van der Waals surface area (Å²) >= 11 is 0. The number of nitrogens with one attached hydrogen (secondary N) is 1. The van der Waals surface area contributed by atoms with Crippen LogP contribution in [0.25, 0.3) is 11.0 Å². The SMILES string of the molecule is CO[C@@H]1[C@@H](OC(=O)c2ccc(C)[nH]2)[C@@H](O)[C@H](Oc2ccc3cc(CP(=O)(O)O)c(=O)oc3c2C)O[C@H]1C. The van der Waals surface area contributed by atoms with E-state index in [1.807, 2.05) is 0 Å². The van der Waals surface area contributed by atoms with E-state index in [4.69, 9.17) is 23.4 Å². The van der Waals surface area contributed by atoms with Crippen LogP contribution in [0.2, 0.25) is 0 Å². The molecule has 2 aromatic heterocycles. The Kier molecular flexibility index (Phi) is 7.61. The Balaban J connectivity index is 1.60. The van der Waals surface area contributed by atoms with Crippen LogP contribution >= 0.6 is 7.60 Å². The zero-order valence-corrected chi connectivity index (χ0v) is 21.4. The van der Waals surface area contributed by atoms with E-state index in [0.29, 0.717) is 10.9 Å². The molecule has 37 heavy (non-hydrogen) atoms. The topological polar surface area (TPSA) is 178 Å². The molecule has 1 aliphatic heterocycles. The van der Waals surface area contributed by atoms with Gasteiger partial charge in [0.05, 0.1) is 17.8 Å². The van der Waals surface area contributed by atoms with Gasteiger partial charge in [-0.05, 0) is 51.1 Å². The molecule has 3 aromatic rings. The molecule has 0 spiro atoms. The summed E-state index contributed by atoms with van der Waals surface area (Å²) in [6.45, 7) is 5.09. The second-order valence-electron chi connectivity index (χ2n) is 8.93. The van der Waals surface area contributed by atoms with E-state index in [1.54, 1.807) is 45.0 Å².